The van der Waals surface area contributed by atoms with E-state index in [4.69, 9.17) is 10.5 Å². The van der Waals surface area contributed by atoms with Crippen LogP contribution in [0.25, 0.3) is 0 Å². The SMILES string of the molecule is CCC(N)CSCCOCC(C)C. The Kier molecular flexibility index (Phi) is 9.03. The van der Waals surface area contributed by atoms with Crippen LogP contribution in [-0.4, -0.2) is 30.8 Å². The summed E-state index contributed by atoms with van der Waals surface area (Å²) in [6, 6.07) is 0.357. The van der Waals surface area contributed by atoms with E-state index in [1.165, 1.54) is 0 Å². The van der Waals surface area contributed by atoms with Gasteiger partial charge < -0.3 is 10.5 Å². The molecule has 0 spiro atoms. The molecule has 13 heavy (non-hydrogen) atoms. The predicted molar refractivity (Wildman–Crippen MR) is 61.2 cm³/mol. The van der Waals surface area contributed by atoms with Crippen LogP contribution in [-0.2, 0) is 4.74 Å². The van der Waals surface area contributed by atoms with Crippen molar-refractivity contribution in [2.75, 3.05) is 24.7 Å². The molecule has 2 nitrogen and oxygen atoms in total. The fourth-order valence-electron chi connectivity index (χ4n) is 0.789. The van der Waals surface area contributed by atoms with Crippen molar-refractivity contribution >= 4 is 11.8 Å². The second-order valence-corrected chi connectivity index (χ2v) is 4.86. The Balaban J connectivity index is 2.99. The molecule has 0 aromatic rings. The van der Waals surface area contributed by atoms with E-state index in [-0.39, 0.29) is 0 Å². The number of nitrogens with two attached hydrogens (primary N) is 1. The number of ether oxygens (including phenoxy) is 1. The smallest absolute Gasteiger partial charge is 0.0556 e. The van der Waals surface area contributed by atoms with Gasteiger partial charge >= 0.3 is 0 Å². The summed E-state index contributed by atoms with van der Waals surface area (Å²) in [5, 5.41) is 0. The van der Waals surface area contributed by atoms with Gasteiger partial charge in [-0.25, -0.2) is 0 Å². The molecule has 2 N–H and O–H groups in total. The molecule has 0 amide bonds. The molecule has 0 aliphatic heterocycles. The van der Waals surface area contributed by atoms with Crippen molar-refractivity contribution < 1.29 is 4.74 Å². The van der Waals surface area contributed by atoms with Gasteiger partial charge in [0.1, 0.15) is 0 Å². The Hall–Kier alpha value is 0.270. The molecule has 0 fully saturated rings. The van der Waals surface area contributed by atoms with Crippen LogP contribution in [0.5, 0.6) is 0 Å². The van der Waals surface area contributed by atoms with E-state index < -0.39 is 0 Å². The minimum absolute atomic E-state index is 0.357. The van der Waals surface area contributed by atoms with Crippen LogP contribution in [0.1, 0.15) is 27.2 Å². The van der Waals surface area contributed by atoms with Crippen LogP contribution in [0.4, 0.5) is 0 Å². The van der Waals surface area contributed by atoms with Gasteiger partial charge in [-0.15, -0.1) is 0 Å². The highest BCUT2D eigenvalue weighted by molar-refractivity contribution is 7.99. The highest BCUT2D eigenvalue weighted by atomic mass is 32.2. The Morgan fingerprint density at radius 2 is 2.08 bits per heavy atom. The largest absolute Gasteiger partial charge is 0.380 e. The number of rotatable bonds is 8. The molecule has 0 heterocycles. The first-order chi connectivity index (χ1) is 6.16. The first-order valence-electron chi connectivity index (χ1n) is 5.07. The van der Waals surface area contributed by atoms with Crippen molar-refractivity contribution in [2.24, 2.45) is 11.7 Å². The zero-order valence-electron chi connectivity index (χ0n) is 9.08. The molecule has 1 atom stereocenters. The van der Waals surface area contributed by atoms with Gasteiger partial charge in [0, 0.05) is 24.2 Å². The summed E-state index contributed by atoms with van der Waals surface area (Å²) < 4.78 is 5.45. The highest BCUT2D eigenvalue weighted by Crippen LogP contribution is 2.03. The Morgan fingerprint density at radius 1 is 1.38 bits per heavy atom. The first-order valence-corrected chi connectivity index (χ1v) is 6.23. The standard InChI is InChI=1S/C10H23NOS/c1-4-10(11)8-13-6-5-12-7-9(2)3/h9-10H,4-8,11H2,1-3H3. The summed E-state index contributed by atoms with van der Waals surface area (Å²) in [5.41, 5.74) is 5.77. The fourth-order valence-corrected chi connectivity index (χ4v) is 1.73. The molecule has 1 unspecified atom stereocenters. The molecule has 80 valence electrons. The van der Waals surface area contributed by atoms with Crippen molar-refractivity contribution in [2.45, 2.75) is 33.2 Å². The lowest BCUT2D eigenvalue weighted by molar-refractivity contribution is 0.124. The number of hydrogen-bond acceptors (Lipinski definition) is 3. The van der Waals surface area contributed by atoms with Crippen LogP contribution in [0.15, 0.2) is 0 Å². The second-order valence-electron chi connectivity index (χ2n) is 3.71. The molecule has 0 bridgehead atoms. The van der Waals surface area contributed by atoms with Crippen molar-refractivity contribution in [3.05, 3.63) is 0 Å². The van der Waals surface area contributed by atoms with Gasteiger partial charge in [0.05, 0.1) is 6.61 Å². The maximum absolute atomic E-state index is 5.77. The molecule has 3 heteroatoms. The van der Waals surface area contributed by atoms with Gasteiger partial charge in [0.25, 0.3) is 0 Å². The maximum Gasteiger partial charge on any atom is 0.0556 e. The summed E-state index contributed by atoms with van der Waals surface area (Å²) in [6.45, 7) is 8.19. The third-order valence-corrected chi connectivity index (χ3v) is 2.80. The number of thioether (sulfide) groups is 1. The summed E-state index contributed by atoms with van der Waals surface area (Å²) in [5.74, 6) is 2.77. The van der Waals surface area contributed by atoms with Gasteiger partial charge in [-0.05, 0) is 12.3 Å². The second kappa shape index (κ2) is 8.85. The molecule has 0 aliphatic carbocycles. The van der Waals surface area contributed by atoms with Gasteiger partial charge in [0.2, 0.25) is 0 Å². The molecular weight excluding hydrogens is 182 g/mol. The van der Waals surface area contributed by atoms with E-state index in [2.05, 4.69) is 20.8 Å². The zero-order chi connectivity index (χ0) is 10.1. The molecule has 0 aromatic carbocycles. The molecule has 0 rings (SSSR count). The van der Waals surface area contributed by atoms with E-state index in [0.29, 0.717) is 12.0 Å². The predicted octanol–water partition coefficient (Wildman–Crippen LogP) is 2.13. The van der Waals surface area contributed by atoms with Crippen LogP contribution in [0.3, 0.4) is 0 Å². The lowest BCUT2D eigenvalue weighted by Gasteiger charge is -2.09. The zero-order valence-corrected chi connectivity index (χ0v) is 9.90. The Bertz CT molecular complexity index is 109. The highest BCUT2D eigenvalue weighted by Gasteiger charge is 1.98. The van der Waals surface area contributed by atoms with Crippen LogP contribution in [0.2, 0.25) is 0 Å². The van der Waals surface area contributed by atoms with Crippen LogP contribution in [0, 0.1) is 5.92 Å². The third kappa shape index (κ3) is 10.2. The van der Waals surface area contributed by atoms with Crippen molar-refractivity contribution in [1.82, 2.24) is 0 Å². The lowest BCUT2D eigenvalue weighted by atomic mass is 10.2. The minimum atomic E-state index is 0.357. The van der Waals surface area contributed by atoms with E-state index in [1.807, 2.05) is 11.8 Å². The van der Waals surface area contributed by atoms with Crippen molar-refractivity contribution in [3.8, 4) is 0 Å². The number of hydrogen-bond donors (Lipinski definition) is 1. The summed E-state index contributed by atoms with van der Waals surface area (Å²) >= 11 is 1.89. The van der Waals surface area contributed by atoms with Crippen molar-refractivity contribution in [1.29, 1.82) is 0 Å². The maximum atomic E-state index is 5.77. The molecule has 0 aliphatic rings. The molecule has 0 saturated heterocycles. The van der Waals surface area contributed by atoms with Gasteiger partial charge in [0.15, 0.2) is 0 Å². The molecule has 0 saturated carbocycles. The van der Waals surface area contributed by atoms with Crippen LogP contribution >= 0.6 is 11.8 Å². The van der Waals surface area contributed by atoms with E-state index in [1.54, 1.807) is 0 Å². The molecule has 0 radical (unpaired) electrons. The first kappa shape index (κ1) is 13.3. The Labute approximate surface area is 86.6 Å². The topological polar surface area (TPSA) is 35.2 Å². The lowest BCUT2D eigenvalue weighted by Crippen LogP contribution is -2.21. The van der Waals surface area contributed by atoms with Crippen LogP contribution < -0.4 is 5.73 Å². The quantitative estimate of drug-likeness (QED) is 0.617. The molecular formula is C10H23NOS. The van der Waals surface area contributed by atoms with Gasteiger partial charge in [-0.3, -0.25) is 0 Å². The van der Waals surface area contributed by atoms with E-state index in [0.717, 1.165) is 31.1 Å². The monoisotopic (exact) mass is 205 g/mol. The van der Waals surface area contributed by atoms with E-state index in [9.17, 15) is 0 Å². The summed E-state index contributed by atoms with van der Waals surface area (Å²) in [4.78, 5) is 0. The normalized spacial score (nSPS) is 13.6. The van der Waals surface area contributed by atoms with Gasteiger partial charge in [-0.1, -0.05) is 20.8 Å². The van der Waals surface area contributed by atoms with Gasteiger partial charge in [-0.2, -0.15) is 11.8 Å². The fraction of sp³-hybridized carbons (Fsp3) is 1.00. The summed E-state index contributed by atoms with van der Waals surface area (Å²) in [7, 11) is 0. The van der Waals surface area contributed by atoms with Crippen molar-refractivity contribution in [3.63, 3.8) is 0 Å². The third-order valence-electron chi connectivity index (χ3n) is 1.68. The summed E-state index contributed by atoms with van der Waals surface area (Å²) in [6.07, 6.45) is 1.07. The minimum Gasteiger partial charge on any atom is -0.380 e. The molecule has 0 aromatic heterocycles. The average molecular weight is 205 g/mol. The van der Waals surface area contributed by atoms with E-state index >= 15 is 0 Å². The Morgan fingerprint density at radius 3 is 2.62 bits per heavy atom. The average Bonchev–Trinajstić information content (AvgIpc) is 2.10.